The number of nitrogens with one attached hydrogen (secondary N) is 1. The number of rotatable bonds is 7. The highest BCUT2D eigenvalue weighted by Gasteiger charge is 2.15. The van der Waals surface area contributed by atoms with Crippen LogP contribution in [0, 0.1) is 0 Å². The Bertz CT molecular complexity index is 411. The molecule has 0 radical (unpaired) electrons. The Morgan fingerprint density at radius 3 is 2.26 bits per heavy atom. The Kier molecular flexibility index (Phi) is 6.43. The van der Waals surface area contributed by atoms with Crippen molar-refractivity contribution in [2.75, 3.05) is 12.8 Å². The smallest absolute Gasteiger partial charge is 0.0775 e. The Morgan fingerprint density at radius 2 is 1.79 bits per heavy atom. The summed E-state index contributed by atoms with van der Waals surface area (Å²) in [6.07, 6.45) is 2.75. The van der Waals surface area contributed by atoms with E-state index in [1.54, 1.807) is 6.26 Å². The predicted molar refractivity (Wildman–Crippen MR) is 89.3 cm³/mol. The third-order valence-electron chi connectivity index (χ3n) is 3.44. The van der Waals surface area contributed by atoms with Gasteiger partial charge in [0.2, 0.25) is 0 Å². The van der Waals surface area contributed by atoms with Gasteiger partial charge in [0.05, 0.1) is 8.07 Å². The molecule has 0 bridgehead atoms. The molecule has 0 saturated heterocycles. The van der Waals surface area contributed by atoms with Crippen LogP contribution >= 0.6 is 0 Å². The van der Waals surface area contributed by atoms with Crippen LogP contribution < -0.4 is 10.5 Å². The first kappa shape index (κ1) is 16.6. The molecule has 1 aromatic carbocycles. The van der Waals surface area contributed by atoms with Crippen molar-refractivity contribution in [3.05, 3.63) is 29.8 Å². The Hall–Kier alpha value is -0.453. The summed E-state index contributed by atoms with van der Waals surface area (Å²) in [4.78, 5) is 0. The van der Waals surface area contributed by atoms with E-state index in [1.165, 1.54) is 10.8 Å². The van der Waals surface area contributed by atoms with Crippen LogP contribution in [0.1, 0.15) is 18.9 Å². The van der Waals surface area contributed by atoms with Crippen LogP contribution in [0.2, 0.25) is 19.6 Å². The van der Waals surface area contributed by atoms with E-state index < -0.39 is 18.9 Å². The fourth-order valence-corrected chi connectivity index (χ4v) is 3.44. The van der Waals surface area contributed by atoms with Crippen molar-refractivity contribution in [3.63, 3.8) is 0 Å². The summed E-state index contributed by atoms with van der Waals surface area (Å²) < 4.78 is 11.2. The van der Waals surface area contributed by atoms with Gasteiger partial charge in [-0.05, 0) is 18.5 Å². The van der Waals surface area contributed by atoms with Gasteiger partial charge in [-0.2, -0.15) is 0 Å². The summed E-state index contributed by atoms with van der Waals surface area (Å²) in [6, 6.07) is 8.99. The second-order valence-electron chi connectivity index (χ2n) is 6.22. The van der Waals surface area contributed by atoms with Crippen molar-refractivity contribution >= 4 is 24.1 Å². The van der Waals surface area contributed by atoms with Crippen molar-refractivity contribution in [2.24, 2.45) is 0 Å². The second kappa shape index (κ2) is 7.36. The van der Waals surface area contributed by atoms with Crippen molar-refractivity contribution in [1.82, 2.24) is 5.32 Å². The zero-order valence-corrected chi connectivity index (χ0v) is 14.6. The molecular formula is C15H27NOSSi. The van der Waals surface area contributed by atoms with E-state index in [-0.39, 0.29) is 5.25 Å². The van der Waals surface area contributed by atoms with E-state index in [0.29, 0.717) is 0 Å². The standard InChI is InChI=1S/C15H27NOSSi/c1-13(18(2)17)10-11-16-12-14-6-8-15(9-7-14)19(3,4)5/h6-9,13,16H,10-12H2,1-5H3. The lowest BCUT2D eigenvalue weighted by atomic mass is 10.2. The minimum absolute atomic E-state index is 0.279. The molecular weight excluding hydrogens is 270 g/mol. The zero-order valence-electron chi connectivity index (χ0n) is 12.8. The van der Waals surface area contributed by atoms with E-state index in [9.17, 15) is 4.21 Å². The largest absolute Gasteiger partial charge is 0.313 e. The van der Waals surface area contributed by atoms with Crippen LogP contribution in [-0.2, 0) is 17.3 Å². The average Bonchev–Trinajstić information content (AvgIpc) is 2.33. The minimum Gasteiger partial charge on any atom is -0.313 e. The van der Waals surface area contributed by atoms with Crippen LogP contribution in [-0.4, -0.2) is 30.3 Å². The van der Waals surface area contributed by atoms with Crippen molar-refractivity contribution in [3.8, 4) is 0 Å². The van der Waals surface area contributed by atoms with Gasteiger partial charge in [0, 0.05) is 28.9 Å². The Balaban J connectivity index is 2.37. The van der Waals surface area contributed by atoms with Crippen LogP contribution in [0.15, 0.2) is 24.3 Å². The van der Waals surface area contributed by atoms with Crippen molar-refractivity contribution in [1.29, 1.82) is 0 Å². The zero-order chi connectivity index (χ0) is 14.5. The molecule has 19 heavy (non-hydrogen) atoms. The fourth-order valence-electron chi connectivity index (χ4n) is 1.83. The average molecular weight is 298 g/mol. The molecule has 0 spiro atoms. The van der Waals surface area contributed by atoms with E-state index in [4.69, 9.17) is 0 Å². The Labute approximate surface area is 121 Å². The molecule has 0 fully saturated rings. The summed E-state index contributed by atoms with van der Waals surface area (Å²) in [5.41, 5.74) is 1.33. The first-order valence-corrected chi connectivity index (χ1v) is 12.0. The molecule has 0 aromatic heterocycles. The fraction of sp³-hybridized carbons (Fsp3) is 0.600. The van der Waals surface area contributed by atoms with Gasteiger partial charge in [-0.3, -0.25) is 4.21 Å². The number of hydrogen-bond donors (Lipinski definition) is 1. The lowest BCUT2D eigenvalue weighted by molar-refractivity contribution is 0.629. The third kappa shape index (κ3) is 6.02. The maximum atomic E-state index is 11.2. The van der Waals surface area contributed by atoms with E-state index in [1.807, 2.05) is 6.92 Å². The minimum atomic E-state index is -1.18. The first-order valence-electron chi connectivity index (χ1n) is 6.93. The van der Waals surface area contributed by atoms with Crippen LogP contribution in [0.4, 0.5) is 0 Å². The van der Waals surface area contributed by atoms with Gasteiger partial charge in [0.1, 0.15) is 0 Å². The topological polar surface area (TPSA) is 29.1 Å². The molecule has 0 amide bonds. The van der Waals surface area contributed by atoms with Gasteiger partial charge in [-0.15, -0.1) is 0 Å². The summed E-state index contributed by atoms with van der Waals surface area (Å²) in [6.45, 7) is 11.0. The number of hydrogen-bond acceptors (Lipinski definition) is 2. The molecule has 1 rings (SSSR count). The quantitative estimate of drug-likeness (QED) is 0.619. The lowest BCUT2D eigenvalue weighted by Crippen LogP contribution is -2.37. The summed E-state index contributed by atoms with van der Waals surface area (Å²) in [5, 5.41) is 5.21. The van der Waals surface area contributed by atoms with E-state index in [0.717, 1.165) is 19.5 Å². The van der Waals surface area contributed by atoms with Crippen molar-refractivity contribution in [2.45, 2.75) is 44.8 Å². The highest BCUT2D eigenvalue weighted by molar-refractivity contribution is 7.84. The van der Waals surface area contributed by atoms with Crippen molar-refractivity contribution < 1.29 is 4.21 Å². The molecule has 0 aliphatic carbocycles. The molecule has 108 valence electrons. The normalized spacial score (nSPS) is 15.2. The highest BCUT2D eigenvalue weighted by Crippen LogP contribution is 2.05. The first-order chi connectivity index (χ1) is 8.80. The maximum Gasteiger partial charge on any atom is 0.0775 e. The maximum absolute atomic E-state index is 11.2. The van der Waals surface area contributed by atoms with Gasteiger partial charge in [0.15, 0.2) is 0 Å². The van der Waals surface area contributed by atoms with Gasteiger partial charge >= 0.3 is 0 Å². The van der Waals surface area contributed by atoms with Crippen LogP contribution in [0.3, 0.4) is 0 Å². The molecule has 0 heterocycles. The van der Waals surface area contributed by atoms with Gasteiger partial charge in [0.25, 0.3) is 0 Å². The summed E-state index contributed by atoms with van der Waals surface area (Å²) >= 11 is 0. The van der Waals surface area contributed by atoms with Crippen LogP contribution in [0.5, 0.6) is 0 Å². The lowest BCUT2D eigenvalue weighted by Gasteiger charge is -2.17. The molecule has 2 unspecified atom stereocenters. The van der Waals surface area contributed by atoms with E-state index >= 15 is 0 Å². The van der Waals surface area contributed by atoms with Gasteiger partial charge in [-0.1, -0.05) is 56.0 Å². The third-order valence-corrected chi connectivity index (χ3v) is 6.88. The summed E-state index contributed by atoms with van der Waals surface area (Å²) in [7, 11) is -1.88. The molecule has 2 atom stereocenters. The predicted octanol–water partition coefficient (Wildman–Crippen LogP) is 2.48. The van der Waals surface area contributed by atoms with Crippen LogP contribution in [0.25, 0.3) is 0 Å². The Morgan fingerprint density at radius 1 is 1.21 bits per heavy atom. The second-order valence-corrected chi connectivity index (χ2v) is 13.1. The highest BCUT2D eigenvalue weighted by atomic mass is 32.2. The monoisotopic (exact) mass is 297 g/mol. The summed E-state index contributed by atoms with van der Waals surface area (Å²) in [5.74, 6) is 0. The number of benzene rings is 1. The molecule has 2 nitrogen and oxygen atoms in total. The SMILES string of the molecule is CC(CCNCc1ccc([Si](C)(C)C)cc1)S(C)=O. The molecule has 1 N–H and O–H groups in total. The molecule has 0 aliphatic heterocycles. The van der Waals surface area contributed by atoms with Gasteiger partial charge in [-0.25, -0.2) is 0 Å². The van der Waals surface area contributed by atoms with E-state index in [2.05, 4.69) is 49.2 Å². The molecule has 0 aliphatic rings. The molecule has 1 aromatic rings. The molecule has 0 saturated carbocycles. The van der Waals surface area contributed by atoms with Gasteiger partial charge < -0.3 is 5.32 Å². The molecule has 4 heteroatoms.